The van der Waals surface area contributed by atoms with Gasteiger partial charge in [-0.25, -0.2) is 0 Å². The molecule has 0 amide bonds. The number of benzene rings is 1. The van der Waals surface area contributed by atoms with Gasteiger partial charge < -0.3 is 14.4 Å². The van der Waals surface area contributed by atoms with Crippen LogP contribution < -0.4 is 4.90 Å². The van der Waals surface area contributed by atoms with Crippen molar-refractivity contribution in [3.63, 3.8) is 0 Å². The molecule has 0 spiro atoms. The fourth-order valence-corrected chi connectivity index (χ4v) is 1.99. The van der Waals surface area contributed by atoms with E-state index in [9.17, 15) is 9.90 Å². The lowest BCUT2D eigenvalue weighted by Crippen LogP contribution is -2.21. The second-order valence-electron chi connectivity index (χ2n) is 4.35. The van der Waals surface area contributed by atoms with E-state index in [1.807, 2.05) is 25.1 Å². The van der Waals surface area contributed by atoms with Crippen LogP contribution in [-0.4, -0.2) is 17.4 Å². The number of hydrogen-bond acceptors (Lipinski definition) is 4. The maximum atomic E-state index is 11.3. The molecule has 100 valence electrons. The van der Waals surface area contributed by atoms with E-state index in [0.29, 0.717) is 12.1 Å². The number of anilines is 1. The molecule has 0 atom stereocenters. The maximum Gasteiger partial charge on any atom is 0.163 e. The zero-order valence-corrected chi connectivity index (χ0v) is 11.1. The Morgan fingerprint density at radius 1 is 1.37 bits per heavy atom. The van der Waals surface area contributed by atoms with Crippen molar-refractivity contribution in [2.75, 3.05) is 11.4 Å². The monoisotopic (exact) mass is 259 g/mol. The van der Waals surface area contributed by atoms with Crippen LogP contribution in [0.3, 0.4) is 0 Å². The number of carbonyl (C=O) groups excluding carboxylic acids is 1. The maximum absolute atomic E-state index is 11.3. The van der Waals surface area contributed by atoms with E-state index in [-0.39, 0.29) is 11.5 Å². The van der Waals surface area contributed by atoms with E-state index in [0.717, 1.165) is 18.0 Å². The number of carbonyl (C=O) groups is 1. The van der Waals surface area contributed by atoms with Crippen molar-refractivity contribution < 1.29 is 14.3 Å². The first kappa shape index (κ1) is 13.2. The van der Waals surface area contributed by atoms with Gasteiger partial charge in [0.05, 0.1) is 18.4 Å². The molecule has 0 bridgehead atoms. The molecule has 0 aliphatic rings. The number of phenols is 1. The first-order valence-corrected chi connectivity index (χ1v) is 6.23. The van der Waals surface area contributed by atoms with E-state index >= 15 is 0 Å². The first-order valence-electron chi connectivity index (χ1n) is 6.23. The molecule has 1 N–H and O–H groups in total. The summed E-state index contributed by atoms with van der Waals surface area (Å²) in [5.41, 5.74) is 1.21. The molecule has 0 radical (unpaired) electrons. The van der Waals surface area contributed by atoms with Gasteiger partial charge in [0.25, 0.3) is 0 Å². The van der Waals surface area contributed by atoms with Crippen LogP contribution in [0.4, 0.5) is 5.69 Å². The molecule has 1 aromatic carbocycles. The predicted molar refractivity (Wildman–Crippen MR) is 73.5 cm³/mol. The van der Waals surface area contributed by atoms with Crippen LogP contribution >= 0.6 is 0 Å². The van der Waals surface area contributed by atoms with Crippen molar-refractivity contribution in [1.29, 1.82) is 0 Å². The van der Waals surface area contributed by atoms with Crippen LogP contribution in [0.1, 0.15) is 30.0 Å². The van der Waals surface area contributed by atoms with Crippen LogP contribution in [0.25, 0.3) is 0 Å². The highest BCUT2D eigenvalue weighted by molar-refractivity contribution is 5.97. The standard InChI is InChI=1S/C15H17NO3/c1-3-16(10-13-5-4-8-19-13)12-6-7-14(11(2)17)15(18)9-12/h4-9,18H,3,10H2,1-2H3. The molecule has 19 heavy (non-hydrogen) atoms. The quantitative estimate of drug-likeness (QED) is 0.838. The molecule has 1 aromatic heterocycles. The van der Waals surface area contributed by atoms with Gasteiger partial charge in [0.1, 0.15) is 11.5 Å². The SMILES string of the molecule is CCN(Cc1ccco1)c1ccc(C(C)=O)c(O)c1. The second-order valence-corrected chi connectivity index (χ2v) is 4.35. The third-order valence-electron chi connectivity index (χ3n) is 3.03. The molecule has 0 aliphatic carbocycles. The van der Waals surface area contributed by atoms with Gasteiger partial charge in [-0.05, 0) is 38.1 Å². The summed E-state index contributed by atoms with van der Waals surface area (Å²) in [5, 5.41) is 9.86. The molecule has 1 heterocycles. The van der Waals surface area contributed by atoms with Crippen LogP contribution in [0.2, 0.25) is 0 Å². The highest BCUT2D eigenvalue weighted by atomic mass is 16.3. The Morgan fingerprint density at radius 3 is 2.68 bits per heavy atom. The number of hydrogen-bond donors (Lipinski definition) is 1. The minimum absolute atomic E-state index is 0.0166. The summed E-state index contributed by atoms with van der Waals surface area (Å²) >= 11 is 0. The van der Waals surface area contributed by atoms with E-state index in [1.54, 1.807) is 18.4 Å². The fourth-order valence-electron chi connectivity index (χ4n) is 1.99. The summed E-state index contributed by atoms with van der Waals surface area (Å²) in [7, 11) is 0. The number of aromatic hydroxyl groups is 1. The number of ketones is 1. The van der Waals surface area contributed by atoms with Crippen LogP contribution in [0.15, 0.2) is 41.0 Å². The van der Waals surface area contributed by atoms with Gasteiger partial charge in [0, 0.05) is 18.3 Å². The first-order chi connectivity index (χ1) is 9.11. The molecule has 0 saturated carbocycles. The molecule has 2 aromatic rings. The summed E-state index contributed by atoms with van der Waals surface area (Å²) < 4.78 is 5.32. The van der Waals surface area contributed by atoms with Crippen molar-refractivity contribution in [3.05, 3.63) is 47.9 Å². The number of nitrogens with zero attached hydrogens (tertiary/aromatic N) is 1. The lowest BCUT2D eigenvalue weighted by Gasteiger charge is -2.22. The number of rotatable bonds is 5. The third kappa shape index (κ3) is 2.96. The molecule has 4 heteroatoms. The summed E-state index contributed by atoms with van der Waals surface area (Å²) in [5.74, 6) is 0.734. The van der Waals surface area contributed by atoms with Crippen molar-refractivity contribution in [1.82, 2.24) is 0 Å². The van der Waals surface area contributed by atoms with Crippen LogP contribution in [-0.2, 0) is 6.54 Å². The molecule has 4 nitrogen and oxygen atoms in total. The Bertz CT molecular complexity index is 561. The van der Waals surface area contributed by atoms with Crippen molar-refractivity contribution in [2.24, 2.45) is 0 Å². The summed E-state index contributed by atoms with van der Waals surface area (Å²) in [4.78, 5) is 13.3. The number of Topliss-reactive ketones (excluding diaryl/α,β-unsaturated/α-hetero) is 1. The van der Waals surface area contributed by atoms with Crippen molar-refractivity contribution in [2.45, 2.75) is 20.4 Å². The van der Waals surface area contributed by atoms with E-state index in [2.05, 4.69) is 4.90 Å². The van der Waals surface area contributed by atoms with Crippen LogP contribution in [0, 0.1) is 0 Å². The van der Waals surface area contributed by atoms with E-state index in [4.69, 9.17) is 4.42 Å². The summed E-state index contributed by atoms with van der Waals surface area (Å²) in [6.07, 6.45) is 1.64. The van der Waals surface area contributed by atoms with Gasteiger partial charge in [0.15, 0.2) is 5.78 Å². The zero-order chi connectivity index (χ0) is 13.8. The van der Waals surface area contributed by atoms with Gasteiger partial charge in [-0.2, -0.15) is 0 Å². The lowest BCUT2D eigenvalue weighted by molar-refractivity contribution is 0.101. The predicted octanol–water partition coefficient (Wildman–Crippen LogP) is 3.21. The minimum atomic E-state index is -0.141. The average Bonchev–Trinajstić information content (AvgIpc) is 2.88. The van der Waals surface area contributed by atoms with Crippen LogP contribution in [0.5, 0.6) is 5.75 Å². The summed E-state index contributed by atoms with van der Waals surface area (Å²) in [6.45, 7) is 4.87. The fraction of sp³-hybridized carbons (Fsp3) is 0.267. The van der Waals surface area contributed by atoms with Gasteiger partial charge in [-0.1, -0.05) is 0 Å². The normalized spacial score (nSPS) is 10.4. The second kappa shape index (κ2) is 5.61. The Labute approximate surface area is 112 Å². The Kier molecular flexibility index (Phi) is 3.90. The topological polar surface area (TPSA) is 53.7 Å². The molecular formula is C15H17NO3. The smallest absolute Gasteiger partial charge is 0.163 e. The van der Waals surface area contributed by atoms with Gasteiger partial charge in [0.2, 0.25) is 0 Å². The Morgan fingerprint density at radius 2 is 2.16 bits per heavy atom. The van der Waals surface area contributed by atoms with E-state index < -0.39 is 0 Å². The number of phenolic OH excluding ortho intramolecular Hbond substituents is 1. The average molecular weight is 259 g/mol. The van der Waals surface area contributed by atoms with Gasteiger partial charge in [-0.15, -0.1) is 0 Å². The Hall–Kier alpha value is -2.23. The van der Waals surface area contributed by atoms with Crippen molar-refractivity contribution in [3.8, 4) is 5.75 Å². The molecule has 0 unspecified atom stereocenters. The summed E-state index contributed by atoms with van der Waals surface area (Å²) in [6, 6.07) is 8.86. The third-order valence-corrected chi connectivity index (χ3v) is 3.03. The largest absolute Gasteiger partial charge is 0.507 e. The number of furan rings is 1. The zero-order valence-electron chi connectivity index (χ0n) is 11.1. The molecule has 0 fully saturated rings. The van der Waals surface area contributed by atoms with Gasteiger partial charge in [-0.3, -0.25) is 4.79 Å². The molecule has 0 saturated heterocycles. The minimum Gasteiger partial charge on any atom is -0.507 e. The van der Waals surface area contributed by atoms with Crippen molar-refractivity contribution >= 4 is 11.5 Å². The molecule has 2 rings (SSSR count). The van der Waals surface area contributed by atoms with E-state index in [1.165, 1.54) is 6.92 Å². The molecular weight excluding hydrogens is 242 g/mol. The highest BCUT2D eigenvalue weighted by Gasteiger charge is 2.11. The highest BCUT2D eigenvalue weighted by Crippen LogP contribution is 2.26. The Balaban J connectivity index is 2.23. The molecule has 0 aliphatic heterocycles. The van der Waals surface area contributed by atoms with Gasteiger partial charge >= 0.3 is 0 Å². The lowest BCUT2D eigenvalue weighted by atomic mass is 10.1.